The van der Waals surface area contributed by atoms with Crippen molar-refractivity contribution in [3.63, 3.8) is 0 Å². The molecule has 1 heterocycles. The molecule has 1 aliphatic rings. The number of aryl methyl sites for hydroxylation is 1. The van der Waals surface area contributed by atoms with Crippen molar-refractivity contribution < 1.29 is 4.74 Å². The van der Waals surface area contributed by atoms with Crippen LogP contribution < -0.4 is 10.1 Å². The highest BCUT2D eigenvalue weighted by atomic mass is 79.9. The van der Waals surface area contributed by atoms with Gasteiger partial charge in [-0.05, 0) is 59.4 Å². The van der Waals surface area contributed by atoms with Gasteiger partial charge in [0.25, 0.3) is 0 Å². The molecular weight excluding hydrogens is 254 g/mol. The maximum Gasteiger partial charge on any atom is 0.133 e. The van der Waals surface area contributed by atoms with Crippen LogP contribution in [0.1, 0.15) is 30.0 Å². The molecule has 82 valence electrons. The minimum atomic E-state index is 0.505. The fraction of sp³-hybridized carbons (Fsp3) is 0.500. The van der Waals surface area contributed by atoms with Gasteiger partial charge >= 0.3 is 0 Å². The van der Waals surface area contributed by atoms with Crippen molar-refractivity contribution in [3.8, 4) is 5.75 Å². The Hall–Kier alpha value is -0.540. The van der Waals surface area contributed by atoms with Crippen LogP contribution >= 0.6 is 15.9 Å². The van der Waals surface area contributed by atoms with Crippen molar-refractivity contribution >= 4 is 15.9 Å². The second kappa shape index (κ2) is 4.54. The third-order valence-electron chi connectivity index (χ3n) is 2.93. The van der Waals surface area contributed by atoms with Crippen LogP contribution in [-0.2, 0) is 0 Å². The first-order chi connectivity index (χ1) is 7.22. The molecule has 15 heavy (non-hydrogen) atoms. The van der Waals surface area contributed by atoms with E-state index in [1.165, 1.54) is 24.0 Å². The highest BCUT2D eigenvalue weighted by molar-refractivity contribution is 9.10. The van der Waals surface area contributed by atoms with Crippen LogP contribution in [0.5, 0.6) is 5.75 Å². The number of hydrogen-bond donors (Lipinski definition) is 1. The zero-order valence-electron chi connectivity index (χ0n) is 9.14. The Balaban J connectivity index is 2.35. The van der Waals surface area contributed by atoms with Crippen LogP contribution in [0, 0.1) is 6.92 Å². The molecule has 2 nitrogen and oxygen atoms in total. The summed E-state index contributed by atoms with van der Waals surface area (Å²) in [7, 11) is 1.71. The Morgan fingerprint density at radius 1 is 1.47 bits per heavy atom. The van der Waals surface area contributed by atoms with Crippen LogP contribution in [0.4, 0.5) is 0 Å². The Bertz CT molecular complexity index is 359. The molecule has 3 heteroatoms. The molecule has 0 spiro atoms. The fourth-order valence-electron chi connectivity index (χ4n) is 2.08. The number of ether oxygens (including phenoxy) is 1. The van der Waals surface area contributed by atoms with Gasteiger partial charge < -0.3 is 10.1 Å². The molecule has 1 fully saturated rings. The van der Waals surface area contributed by atoms with E-state index in [4.69, 9.17) is 4.74 Å². The molecule has 0 radical (unpaired) electrons. The lowest BCUT2D eigenvalue weighted by atomic mass is 10.0. The second-order valence-electron chi connectivity index (χ2n) is 4.00. The Kier molecular flexibility index (Phi) is 3.32. The van der Waals surface area contributed by atoms with Crippen molar-refractivity contribution in [1.29, 1.82) is 0 Å². The van der Waals surface area contributed by atoms with Crippen LogP contribution in [0.2, 0.25) is 0 Å². The van der Waals surface area contributed by atoms with Gasteiger partial charge in [0.15, 0.2) is 0 Å². The van der Waals surface area contributed by atoms with E-state index < -0.39 is 0 Å². The number of rotatable bonds is 2. The topological polar surface area (TPSA) is 21.3 Å². The van der Waals surface area contributed by atoms with Crippen LogP contribution in [0.25, 0.3) is 0 Å². The molecule has 1 aromatic rings. The standard InChI is InChI=1S/C12H16BrNO/c1-8-6-9(10-4-3-5-14-10)7-11(15-2)12(8)13/h6-7,10,14H,3-5H2,1-2H3. The first-order valence-electron chi connectivity index (χ1n) is 5.30. The van der Waals surface area contributed by atoms with Gasteiger partial charge in [0.2, 0.25) is 0 Å². The van der Waals surface area contributed by atoms with Crippen molar-refractivity contribution in [1.82, 2.24) is 5.32 Å². The highest BCUT2D eigenvalue weighted by Gasteiger charge is 2.18. The van der Waals surface area contributed by atoms with E-state index in [0.717, 1.165) is 16.8 Å². The third-order valence-corrected chi connectivity index (χ3v) is 3.94. The summed E-state index contributed by atoms with van der Waals surface area (Å²) in [6, 6.07) is 4.86. The minimum absolute atomic E-state index is 0.505. The Morgan fingerprint density at radius 2 is 2.27 bits per heavy atom. The lowest BCUT2D eigenvalue weighted by Crippen LogP contribution is -2.13. The van der Waals surface area contributed by atoms with Gasteiger partial charge in [-0.15, -0.1) is 0 Å². The second-order valence-corrected chi connectivity index (χ2v) is 4.80. The summed E-state index contributed by atoms with van der Waals surface area (Å²) in [4.78, 5) is 0. The van der Waals surface area contributed by atoms with E-state index >= 15 is 0 Å². The normalized spacial score (nSPS) is 20.6. The molecule has 1 aliphatic heterocycles. The molecule has 2 rings (SSSR count). The van der Waals surface area contributed by atoms with Gasteiger partial charge in [-0.25, -0.2) is 0 Å². The van der Waals surface area contributed by atoms with Crippen LogP contribution in [-0.4, -0.2) is 13.7 Å². The van der Waals surface area contributed by atoms with E-state index in [9.17, 15) is 0 Å². The van der Waals surface area contributed by atoms with Crippen molar-refractivity contribution in [2.45, 2.75) is 25.8 Å². The number of methoxy groups -OCH3 is 1. The molecule has 0 aliphatic carbocycles. The fourth-order valence-corrected chi connectivity index (χ4v) is 2.47. The molecule has 0 amide bonds. The van der Waals surface area contributed by atoms with Crippen molar-refractivity contribution in [2.75, 3.05) is 13.7 Å². The SMILES string of the molecule is COc1cc(C2CCCN2)cc(C)c1Br. The van der Waals surface area contributed by atoms with E-state index in [-0.39, 0.29) is 0 Å². The first kappa shape index (κ1) is 11.0. The molecule has 1 aromatic carbocycles. The summed E-state index contributed by atoms with van der Waals surface area (Å²) in [5.41, 5.74) is 2.57. The summed E-state index contributed by atoms with van der Waals surface area (Å²) in [6.45, 7) is 3.23. The summed E-state index contributed by atoms with van der Waals surface area (Å²) < 4.78 is 6.41. The smallest absolute Gasteiger partial charge is 0.133 e. The van der Waals surface area contributed by atoms with Gasteiger partial charge in [-0.3, -0.25) is 0 Å². The van der Waals surface area contributed by atoms with Gasteiger partial charge in [0.1, 0.15) is 5.75 Å². The number of halogens is 1. The summed E-state index contributed by atoms with van der Waals surface area (Å²) in [6.07, 6.45) is 2.49. The van der Waals surface area contributed by atoms with E-state index in [0.29, 0.717) is 6.04 Å². The molecule has 1 saturated heterocycles. The Labute approximate surface area is 99.1 Å². The maximum atomic E-state index is 5.35. The average Bonchev–Trinajstić information content (AvgIpc) is 2.75. The summed E-state index contributed by atoms with van der Waals surface area (Å²) in [5, 5.41) is 3.50. The predicted molar refractivity (Wildman–Crippen MR) is 65.4 cm³/mol. The third kappa shape index (κ3) is 2.18. The molecular formula is C12H16BrNO. The largest absolute Gasteiger partial charge is 0.496 e. The molecule has 0 aromatic heterocycles. The molecule has 1 atom stereocenters. The number of benzene rings is 1. The summed E-state index contributed by atoms with van der Waals surface area (Å²) >= 11 is 3.54. The number of nitrogens with one attached hydrogen (secondary N) is 1. The van der Waals surface area contributed by atoms with Gasteiger partial charge in [-0.2, -0.15) is 0 Å². The first-order valence-corrected chi connectivity index (χ1v) is 6.09. The Morgan fingerprint density at radius 3 is 2.87 bits per heavy atom. The quantitative estimate of drug-likeness (QED) is 0.891. The van der Waals surface area contributed by atoms with Crippen molar-refractivity contribution in [3.05, 3.63) is 27.7 Å². The number of hydrogen-bond acceptors (Lipinski definition) is 2. The van der Waals surface area contributed by atoms with Gasteiger partial charge in [0.05, 0.1) is 11.6 Å². The van der Waals surface area contributed by atoms with Gasteiger partial charge in [0, 0.05) is 6.04 Å². The zero-order chi connectivity index (χ0) is 10.8. The monoisotopic (exact) mass is 269 g/mol. The average molecular weight is 270 g/mol. The lowest BCUT2D eigenvalue weighted by molar-refractivity contribution is 0.410. The molecule has 1 N–H and O–H groups in total. The molecule has 0 saturated carbocycles. The maximum absolute atomic E-state index is 5.35. The predicted octanol–water partition coefficient (Wildman–Crippen LogP) is 3.19. The summed E-state index contributed by atoms with van der Waals surface area (Å²) in [5.74, 6) is 0.929. The van der Waals surface area contributed by atoms with Gasteiger partial charge in [-0.1, -0.05) is 6.07 Å². The molecule has 0 bridgehead atoms. The van der Waals surface area contributed by atoms with Crippen LogP contribution in [0.15, 0.2) is 16.6 Å². The lowest BCUT2D eigenvalue weighted by Gasteiger charge is -2.14. The van der Waals surface area contributed by atoms with E-state index in [1.54, 1.807) is 7.11 Å². The van der Waals surface area contributed by atoms with E-state index in [1.807, 2.05) is 0 Å². The minimum Gasteiger partial charge on any atom is -0.496 e. The van der Waals surface area contributed by atoms with Crippen LogP contribution in [0.3, 0.4) is 0 Å². The zero-order valence-corrected chi connectivity index (χ0v) is 10.7. The highest BCUT2D eigenvalue weighted by Crippen LogP contribution is 2.33. The van der Waals surface area contributed by atoms with E-state index in [2.05, 4.69) is 40.3 Å². The molecule has 1 unspecified atom stereocenters. The van der Waals surface area contributed by atoms with Crippen molar-refractivity contribution in [2.24, 2.45) is 0 Å².